The van der Waals surface area contributed by atoms with E-state index >= 15 is 0 Å². The third-order valence-corrected chi connectivity index (χ3v) is 6.71. The van der Waals surface area contributed by atoms with Crippen LogP contribution in [0.1, 0.15) is 35.9 Å². The van der Waals surface area contributed by atoms with E-state index in [1.807, 2.05) is 30.4 Å². The number of benzene rings is 1. The summed E-state index contributed by atoms with van der Waals surface area (Å²) in [5.74, 6) is 1.20. The van der Waals surface area contributed by atoms with E-state index in [4.69, 9.17) is 10.1 Å². The zero-order valence-electron chi connectivity index (χ0n) is 18.9. The van der Waals surface area contributed by atoms with Gasteiger partial charge in [-0.15, -0.1) is 0 Å². The third-order valence-electron chi connectivity index (χ3n) is 6.71. The SMILES string of the molecule is CN1CC(c2cc3cc[nH]c(=O)c3c(Nc3ccc(C4CCN(CCO)CC4)cc3)n2)C=N1. The van der Waals surface area contributed by atoms with Crippen LogP contribution in [0.3, 0.4) is 0 Å². The number of hydrogen-bond donors (Lipinski definition) is 3. The van der Waals surface area contributed by atoms with Crippen LogP contribution >= 0.6 is 0 Å². The van der Waals surface area contributed by atoms with Gasteiger partial charge in [-0.25, -0.2) is 4.98 Å². The van der Waals surface area contributed by atoms with Gasteiger partial charge in [-0.3, -0.25) is 9.80 Å². The molecule has 0 spiro atoms. The molecule has 8 heteroatoms. The number of aromatic nitrogens is 2. The number of aliphatic hydroxyl groups is 1. The number of aliphatic hydroxyl groups excluding tert-OH is 1. The molecule has 0 amide bonds. The van der Waals surface area contributed by atoms with Gasteiger partial charge in [0.15, 0.2) is 0 Å². The Morgan fingerprint density at radius 3 is 2.67 bits per heavy atom. The minimum atomic E-state index is -0.155. The van der Waals surface area contributed by atoms with E-state index in [9.17, 15) is 4.79 Å². The highest BCUT2D eigenvalue weighted by Gasteiger charge is 2.22. The van der Waals surface area contributed by atoms with Crippen molar-refractivity contribution < 1.29 is 5.11 Å². The maximum Gasteiger partial charge on any atom is 0.259 e. The molecule has 1 saturated heterocycles. The summed E-state index contributed by atoms with van der Waals surface area (Å²) in [6.45, 7) is 3.81. The summed E-state index contributed by atoms with van der Waals surface area (Å²) >= 11 is 0. The van der Waals surface area contributed by atoms with Gasteiger partial charge in [-0.05, 0) is 67.1 Å². The Bertz CT molecular complexity index is 1200. The minimum absolute atomic E-state index is 0.0957. The first-order valence-electron chi connectivity index (χ1n) is 11.6. The molecule has 0 bridgehead atoms. The van der Waals surface area contributed by atoms with Crippen molar-refractivity contribution in [3.05, 3.63) is 64.2 Å². The summed E-state index contributed by atoms with van der Waals surface area (Å²) in [4.78, 5) is 22.5. The largest absolute Gasteiger partial charge is 0.395 e. The van der Waals surface area contributed by atoms with Crippen LogP contribution in [0.15, 0.2) is 52.5 Å². The Morgan fingerprint density at radius 1 is 1.18 bits per heavy atom. The summed E-state index contributed by atoms with van der Waals surface area (Å²) in [6, 6.07) is 12.4. The number of likely N-dealkylation sites (N-methyl/N-ethyl adjacent to an activating group) is 1. The molecule has 172 valence electrons. The molecule has 3 N–H and O–H groups in total. The van der Waals surface area contributed by atoms with Gasteiger partial charge in [0.05, 0.1) is 23.6 Å². The molecule has 1 fully saturated rings. The van der Waals surface area contributed by atoms with Crippen molar-refractivity contribution in [3.8, 4) is 0 Å². The molecule has 0 saturated carbocycles. The lowest BCUT2D eigenvalue weighted by molar-refractivity contribution is 0.164. The maximum atomic E-state index is 12.6. The second kappa shape index (κ2) is 9.33. The van der Waals surface area contributed by atoms with E-state index < -0.39 is 0 Å². The van der Waals surface area contributed by atoms with Crippen LogP contribution in [0.25, 0.3) is 10.8 Å². The first kappa shape index (κ1) is 21.6. The number of fused-ring (bicyclic) bond motifs is 1. The number of nitrogens with one attached hydrogen (secondary N) is 2. The zero-order valence-corrected chi connectivity index (χ0v) is 18.9. The van der Waals surface area contributed by atoms with Gasteiger partial charge in [-0.2, -0.15) is 5.10 Å². The highest BCUT2D eigenvalue weighted by Crippen LogP contribution is 2.31. The number of pyridine rings is 2. The van der Waals surface area contributed by atoms with Crippen molar-refractivity contribution in [2.45, 2.75) is 24.7 Å². The second-order valence-electron chi connectivity index (χ2n) is 8.96. The lowest BCUT2D eigenvalue weighted by Crippen LogP contribution is -2.34. The lowest BCUT2D eigenvalue weighted by Gasteiger charge is -2.31. The minimum Gasteiger partial charge on any atom is -0.395 e. The molecule has 3 aromatic rings. The van der Waals surface area contributed by atoms with Crippen molar-refractivity contribution in [1.82, 2.24) is 19.9 Å². The summed E-state index contributed by atoms with van der Waals surface area (Å²) in [5.41, 5.74) is 2.98. The molecular weight excluding hydrogens is 416 g/mol. The third kappa shape index (κ3) is 4.62. The van der Waals surface area contributed by atoms with Crippen molar-refractivity contribution in [2.24, 2.45) is 5.10 Å². The normalized spacial score (nSPS) is 19.5. The Morgan fingerprint density at radius 2 is 1.97 bits per heavy atom. The molecule has 33 heavy (non-hydrogen) atoms. The fourth-order valence-corrected chi connectivity index (χ4v) is 4.87. The molecule has 2 aliphatic heterocycles. The topological polar surface area (TPSA) is 96.9 Å². The number of anilines is 2. The van der Waals surface area contributed by atoms with Crippen LogP contribution in [-0.2, 0) is 0 Å². The number of hydrogen-bond acceptors (Lipinski definition) is 7. The number of nitrogens with zero attached hydrogens (tertiary/aromatic N) is 4. The molecule has 1 atom stereocenters. The fraction of sp³-hybridized carbons (Fsp3) is 0.400. The molecular formula is C25H30N6O2. The van der Waals surface area contributed by atoms with Gasteiger partial charge < -0.3 is 20.3 Å². The highest BCUT2D eigenvalue weighted by molar-refractivity contribution is 5.93. The zero-order chi connectivity index (χ0) is 22.8. The Hall–Kier alpha value is -3.23. The first-order chi connectivity index (χ1) is 16.1. The highest BCUT2D eigenvalue weighted by atomic mass is 16.3. The molecule has 4 heterocycles. The molecule has 1 aromatic carbocycles. The molecule has 8 nitrogen and oxygen atoms in total. The number of H-pyrrole nitrogens is 1. The monoisotopic (exact) mass is 446 g/mol. The van der Waals surface area contributed by atoms with Crippen LogP contribution in [0.5, 0.6) is 0 Å². The number of hydrazone groups is 1. The molecule has 2 aromatic heterocycles. The van der Waals surface area contributed by atoms with E-state index in [1.54, 1.807) is 6.20 Å². The van der Waals surface area contributed by atoms with Crippen molar-refractivity contribution in [1.29, 1.82) is 0 Å². The lowest BCUT2D eigenvalue weighted by atomic mass is 9.89. The van der Waals surface area contributed by atoms with E-state index in [2.05, 4.69) is 44.6 Å². The van der Waals surface area contributed by atoms with Gasteiger partial charge >= 0.3 is 0 Å². The first-order valence-corrected chi connectivity index (χ1v) is 11.6. The van der Waals surface area contributed by atoms with Crippen molar-refractivity contribution in [2.75, 3.05) is 45.2 Å². The van der Waals surface area contributed by atoms with Gasteiger partial charge in [0.1, 0.15) is 5.82 Å². The fourth-order valence-electron chi connectivity index (χ4n) is 4.87. The van der Waals surface area contributed by atoms with Gasteiger partial charge in [-0.1, -0.05) is 12.1 Å². The molecule has 5 rings (SSSR count). The average Bonchev–Trinajstić information content (AvgIpc) is 3.27. The van der Waals surface area contributed by atoms with Crippen LogP contribution in [0.2, 0.25) is 0 Å². The average molecular weight is 447 g/mol. The second-order valence-corrected chi connectivity index (χ2v) is 8.96. The number of rotatable bonds is 6. The van der Waals surface area contributed by atoms with Gasteiger partial charge in [0.25, 0.3) is 5.56 Å². The summed E-state index contributed by atoms with van der Waals surface area (Å²) in [6.07, 6.45) is 5.79. The quantitative estimate of drug-likeness (QED) is 0.539. The van der Waals surface area contributed by atoms with E-state index in [0.29, 0.717) is 17.1 Å². The Balaban J connectivity index is 1.38. The van der Waals surface area contributed by atoms with Crippen LogP contribution < -0.4 is 10.9 Å². The molecule has 0 radical (unpaired) electrons. The molecule has 0 aliphatic carbocycles. The standard InChI is InChI=1S/C25H30N6O2/c1-30-16-20(15-27-30)22-14-19-6-9-26-25(33)23(19)24(29-22)28-21-4-2-17(3-5-21)18-7-10-31(11-8-18)12-13-32/h2-6,9,14-15,18,20,32H,7-8,10-13,16H2,1H3,(H,26,33)(H,28,29). The van der Waals surface area contributed by atoms with Crippen molar-refractivity contribution in [3.63, 3.8) is 0 Å². The van der Waals surface area contributed by atoms with Crippen LogP contribution in [-0.4, -0.2) is 71.0 Å². The number of aromatic amines is 1. The number of piperidine rings is 1. The number of likely N-dealkylation sites (tertiary alicyclic amines) is 1. The summed E-state index contributed by atoms with van der Waals surface area (Å²) in [7, 11) is 1.94. The molecule has 2 aliphatic rings. The van der Waals surface area contributed by atoms with Gasteiger partial charge in [0, 0.05) is 38.2 Å². The smallest absolute Gasteiger partial charge is 0.259 e. The Labute approximate surface area is 193 Å². The van der Waals surface area contributed by atoms with Crippen LogP contribution in [0, 0.1) is 0 Å². The Kier molecular flexibility index (Phi) is 6.11. The van der Waals surface area contributed by atoms with E-state index in [-0.39, 0.29) is 18.1 Å². The predicted octanol–water partition coefficient (Wildman–Crippen LogP) is 2.85. The number of β-amino-alcohol motifs (C(OH)–C–C–N with tert-alkyl or cyclic N) is 1. The maximum absolute atomic E-state index is 12.6. The van der Waals surface area contributed by atoms with Gasteiger partial charge in [0.2, 0.25) is 0 Å². The van der Waals surface area contributed by atoms with E-state index in [0.717, 1.165) is 55.8 Å². The molecule has 1 unspecified atom stereocenters. The van der Waals surface area contributed by atoms with Crippen LogP contribution in [0.4, 0.5) is 11.5 Å². The van der Waals surface area contributed by atoms with Crippen molar-refractivity contribution >= 4 is 28.5 Å². The van der Waals surface area contributed by atoms with E-state index in [1.165, 1.54) is 5.56 Å². The summed E-state index contributed by atoms with van der Waals surface area (Å²) in [5, 5.41) is 20.2. The summed E-state index contributed by atoms with van der Waals surface area (Å²) < 4.78 is 0. The predicted molar refractivity (Wildman–Crippen MR) is 131 cm³/mol.